The summed E-state index contributed by atoms with van der Waals surface area (Å²) >= 11 is 0. The van der Waals surface area contributed by atoms with Crippen molar-refractivity contribution >= 4 is 0 Å². The SMILES string of the molecule is Cc1ccccc1C1(O)CCCN(C)CC1. The third-order valence-corrected chi connectivity index (χ3v) is 3.68. The van der Waals surface area contributed by atoms with E-state index in [0.29, 0.717) is 0 Å². The maximum absolute atomic E-state index is 10.8. The summed E-state index contributed by atoms with van der Waals surface area (Å²) in [6, 6.07) is 8.21. The Morgan fingerprint density at radius 1 is 1.19 bits per heavy atom. The lowest BCUT2D eigenvalue weighted by Crippen LogP contribution is -2.28. The minimum absolute atomic E-state index is 0.615. The summed E-state index contributed by atoms with van der Waals surface area (Å²) in [5.41, 5.74) is 1.70. The van der Waals surface area contributed by atoms with Crippen LogP contribution in [0, 0.1) is 6.92 Å². The molecular weight excluding hydrogens is 198 g/mol. The number of likely N-dealkylation sites (tertiary alicyclic amines) is 1. The number of rotatable bonds is 1. The summed E-state index contributed by atoms with van der Waals surface area (Å²) in [4.78, 5) is 2.30. The van der Waals surface area contributed by atoms with Gasteiger partial charge < -0.3 is 10.0 Å². The molecule has 88 valence electrons. The topological polar surface area (TPSA) is 23.5 Å². The van der Waals surface area contributed by atoms with Gasteiger partial charge in [-0.05, 0) is 50.9 Å². The van der Waals surface area contributed by atoms with Crippen molar-refractivity contribution in [3.8, 4) is 0 Å². The smallest absolute Gasteiger partial charge is 0.0911 e. The number of hydrogen-bond acceptors (Lipinski definition) is 2. The van der Waals surface area contributed by atoms with Gasteiger partial charge >= 0.3 is 0 Å². The first kappa shape index (κ1) is 11.6. The Bertz CT molecular complexity index is 364. The van der Waals surface area contributed by atoms with Crippen LogP contribution in [0.5, 0.6) is 0 Å². The summed E-state index contributed by atoms with van der Waals surface area (Å²) in [6.45, 7) is 4.15. The van der Waals surface area contributed by atoms with E-state index in [1.165, 1.54) is 5.56 Å². The maximum atomic E-state index is 10.8. The molecule has 1 aromatic carbocycles. The summed E-state index contributed by atoms with van der Waals surface area (Å²) in [5.74, 6) is 0. The summed E-state index contributed by atoms with van der Waals surface area (Å²) in [6.07, 6.45) is 2.79. The zero-order valence-corrected chi connectivity index (χ0v) is 10.2. The van der Waals surface area contributed by atoms with Gasteiger partial charge in [0.1, 0.15) is 0 Å². The molecular formula is C14H21NO. The number of nitrogens with zero attached hydrogens (tertiary/aromatic N) is 1. The van der Waals surface area contributed by atoms with Crippen molar-refractivity contribution < 1.29 is 5.11 Å². The molecule has 0 aromatic heterocycles. The zero-order chi connectivity index (χ0) is 11.6. The zero-order valence-electron chi connectivity index (χ0n) is 10.2. The third-order valence-electron chi connectivity index (χ3n) is 3.68. The van der Waals surface area contributed by atoms with Gasteiger partial charge in [0, 0.05) is 6.54 Å². The fourth-order valence-corrected chi connectivity index (χ4v) is 2.62. The molecule has 0 amide bonds. The van der Waals surface area contributed by atoms with Crippen LogP contribution in [0.25, 0.3) is 0 Å². The first-order valence-corrected chi connectivity index (χ1v) is 6.09. The fourth-order valence-electron chi connectivity index (χ4n) is 2.62. The van der Waals surface area contributed by atoms with E-state index in [4.69, 9.17) is 0 Å². The molecule has 0 spiro atoms. The molecule has 2 rings (SSSR count). The van der Waals surface area contributed by atoms with Crippen molar-refractivity contribution in [2.24, 2.45) is 0 Å². The van der Waals surface area contributed by atoms with Gasteiger partial charge in [-0.3, -0.25) is 0 Å². The Balaban J connectivity index is 2.27. The van der Waals surface area contributed by atoms with E-state index in [1.807, 2.05) is 12.1 Å². The largest absolute Gasteiger partial charge is 0.385 e. The molecule has 1 atom stereocenters. The fraction of sp³-hybridized carbons (Fsp3) is 0.571. The lowest BCUT2D eigenvalue weighted by molar-refractivity contribution is 0.0212. The van der Waals surface area contributed by atoms with Crippen molar-refractivity contribution in [3.63, 3.8) is 0 Å². The van der Waals surface area contributed by atoms with Crippen LogP contribution in [0.15, 0.2) is 24.3 Å². The molecule has 0 saturated carbocycles. The van der Waals surface area contributed by atoms with Gasteiger partial charge in [0.15, 0.2) is 0 Å². The molecule has 1 aromatic rings. The van der Waals surface area contributed by atoms with E-state index in [9.17, 15) is 5.11 Å². The first-order chi connectivity index (χ1) is 7.62. The van der Waals surface area contributed by atoms with Crippen LogP contribution < -0.4 is 0 Å². The van der Waals surface area contributed by atoms with Crippen LogP contribution >= 0.6 is 0 Å². The molecule has 0 bridgehead atoms. The predicted molar refractivity (Wildman–Crippen MR) is 66.4 cm³/mol. The Morgan fingerprint density at radius 3 is 2.69 bits per heavy atom. The Labute approximate surface area is 97.9 Å². The second-order valence-electron chi connectivity index (χ2n) is 5.00. The van der Waals surface area contributed by atoms with E-state index in [2.05, 4.69) is 31.0 Å². The molecule has 1 unspecified atom stereocenters. The molecule has 0 aliphatic carbocycles. The van der Waals surface area contributed by atoms with Gasteiger partial charge in [0.2, 0.25) is 0 Å². The minimum Gasteiger partial charge on any atom is -0.385 e. The highest BCUT2D eigenvalue weighted by Crippen LogP contribution is 2.34. The Morgan fingerprint density at radius 2 is 1.94 bits per heavy atom. The van der Waals surface area contributed by atoms with Crippen LogP contribution in [0.1, 0.15) is 30.4 Å². The molecule has 1 aliphatic rings. The molecule has 2 nitrogen and oxygen atoms in total. The normalized spacial score (nSPS) is 27.7. The second-order valence-corrected chi connectivity index (χ2v) is 5.00. The highest BCUT2D eigenvalue weighted by Gasteiger charge is 2.32. The molecule has 2 heteroatoms. The summed E-state index contributed by atoms with van der Waals surface area (Å²) in [7, 11) is 2.13. The minimum atomic E-state index is -0.615. The van der Waals surface area contributed by atoms with E-state index >= 15 is 0 Å². The van der Waals surface area contributed by atoms with Gasteiger partial charge in [-0.25, -0.2) is 0 Å². The monoisotopic (exact) mass is 219 g/mol. The molecule has 1 fully saturated rings. The highest BCUT2D eigenvalue weighted by molar-refractivity contribution is 5.31. The molecule has 16 heavy (non-hydrogen) atoms. The average molecular weight is 219 g/mol. The van der Waals surface area contributed by atoms with Crippen molar-refractivity contribution in [3.05, 3.63) is 35.4 Å². The quantitative estimate of drug-likeness (QED) is 0.783. The van der Waals surface area contributed by atoms with Crippen molar-refractivity contribution in [2.45, 2.75) is 31.8 Å². The lowest BCUT2D eigenvalue weighted by atomic mass is 9.84. The Kier molecular flexibility index (Phi) is 3.31. The summed E-state index contributed by atoms with van der Waals surface area (Å²) < 4.78 is 0. The number of aryl methyl sites for hydroxylation is 1. The highest BCUT2D eigenvalue weighted by atomic mass is 16.3. The van der Waals surface area contributed by atoms with Gasteiger partial charge in [0.25, 0.3) is 0 Å². The van der Waals surface area contributed by atoms with Crippen LogP contribution in [0.3, 0.4) is 0 Å². The lowest BCUT2D eigenvalue weighted by Gasteiger charge is -2.28. The first-order valence-electron chi connectivity index (χ1n) is 6.09. The van der Waals surface area contributed by atoms with E-state index in [0.717, 1.165) is 37.9 Å². The van der Waals surface area contributed by atoms with Crippen LogP contribution in [0.2, 0.25) is 0 Å². The maximum Gasteiger partial charge on any atom is 0.0911 e. The molecule has 0 radical (unpaired) electrons. The van der Waals surface area contributed by atoms with E-state index in [1.54, 1.807) is 0 Å². The Hall–Kier alpha value is -0.860. The standard InChI is InChI=1S/C14H21NO/c1-12-6-3-4-7-13(12)14(16)8-5-10-15(2)11-9-14/h3-4,6-7,16H,5,8-11H2,1-2H3. The molecule has 1 saturated heterocycles. The molecule has 1 heterocycles. The predicted octanol–water partition coefficient (Wildman–Crippen LogP) is 2.30. The van der Waals surface area contributed by atoms with Crippen molar-refractivity contribution in [2.75, 3.05) is 20.1 Å². The van der Waals surface area contributed by atoms with Gasteiger partial charge in [-0.2, -0.15) is 0 Å². The van der Waals surface area contributed by atoms with Crippen molar-refractivity contribution in [1.82, 2.24) is 4.90 Å². The summed E-state index contributed by atoms with van der Waals surface area (Å²) in [5, 5.41) is 10.8. The van der Waals surface area contributed by atoms with Crippen LogP contribution in [-0.4, -0.2) is 30.1 Å². The van der Waals surface area contributed by atoms with Crippen molar-refractivity contribution in [1.29, 1.82) is 0 Å². The van der Waals surface area contributed by atoms with E-state index in [-0.39, 0.29) is 0 Å². The van der Waals surface area contributed by atoms with Gasteiger partial charge in [-0.1, -0.05) is 24.3 Å². The average Bonchev–Trinajstić information content (AvgIpc) is 2.43. The van der Waals surface area contributed by atoms with E-state index < -0.39 is 5.60 Å². The second kappa shape index (κ2) is 4.56. The molecule has 1 N–H and O–H groups in total. The number of aliphatic hydroxyl groups is 1. The number of benzene rings is 1. The van der Waals surface area contributed by atoms with Gasteiger partial charge in [-0.15, -0.1) is 0 Å². The number of hydrogen-bond donors (Lipinski definition) is 1. The van der Waals surface area contributed by atoms with Crippen LogP contribution in [-0.2, 0) is 5.60 Å². The molecule has 1 aliphatic heterocycles. The third kappa shape index (κ3) is 2.28. The van der Waals surface area contributed by atoms with Gasteiger partial charge in [0.05, 0.1) is 5.60 Å². The van der Waals surface area contributed by atoms with Crippen LogP contribution in [0.4, 0.5) is 0 Å².